The van der Waals surface area contributed by atoms with Crippen LogP contribution in [-0.4, -0.2) is 23.8 Å². The van der Waals surface area contributed by atoms with E-state index in [-0.39, 0.29) is 5.54 Å². The van der Waals surface area contributed by atoms with Crippen LogP contribution in [0.2, 0.25) is 0 Å². The zero-order chi connectivity index (χ0) is 10.4. The number of hydrogen-bond donors (Lipinski definition) is 1. The lowest BCUT2D eigenvalue weighted by Gasteiger charge is -2.25. The van der Waals surface area contributed by atoms with E-state index in [1.54, 1.807) is 11.3 Å². The first-order valence-electron chi connectivity index (χ1n) is 4.59. The Morgan fingerprint density at radius 3 is 2.64 bits per heavy atom. The van der Waals surface area contributed by atoms with E-state index in [4.69, 9.17) is 23.2 Å². The lowest BCUT2D eigenvalue weighted by atomic mass is 10.1. The van der Waals surface area contributed by atoms with E-state index in [2.05, 4.69) is 22.8 Å². The number of alkyl halides is 2. The first kappa shape index (κ1) is 12.3. The Kier molecular flexibility index (Phi) is 5.24. The number of thiophene rings is 1. The standard InChI is InChI=1S/C10H15Cl2NS/c1-10(7-11,8-12)13-5-4-9-3-2-6-14-9/h2-3,6,13H,4-5,7-8H2,1H3. The van der Waals surface area contributed by atoms with Crippen molar-refractivity contribution in [2.45, 2.75) is 18.9 Å². The molecule has 0 aliphatic heterocycles. The van der Waals surface area contributed by atoms with Crippen LogP contribution in [0.25, 0.3) is 0 Å². The minimum Gasteiger partial charge on any atom is -0.309 e. The maximum Gasteiger partial charge on any atom is 0.0425 e. The van der Waals surface area contributed by atoms with Gasteiger partial charge in [-0.05, 0) is 24.8 Å². The lowest BCUT2D eigenvalue weighted by Crippen LogP contribution is -2.46. The SMILES string of the molecule is CC(CCl)(CCl)NCCc1cccs1. The second-order valence-electron chi connectivity index (χ2n) is 3.58. The van der Waals surface area contributed by atoms with Crippen LogP contribution in [0.5, 0.6) is 0 Å². The van der Waals surface area contributed by atoms with Crippen molar-refractivity contribution in [3.8, 4) is 0 Å². The van der Waals surface area contributed by atoms with Crippen LogP contribution in [-0.2, 0) is 6.42 Å². The topological polar surface area (TPSA) is 12.0 Å². The maximum atomic E-state index is 5.83. The van der Waals surface area contributed by atoms with Crippen LogP contribution in [0.4, 0.5) is 0 Å². The summed E-state index contributed by atoms with van der Waals surface area (Å²) in [6.07, 6.45) is 1.04. The largest absolute Gasteiger partial charge is 0.309 e. The van der Waals surface area contributed by atoms with E-state index >= 15 is 0 Å². The molecule has 80 valence electrons. The molecule has 1 heterocycles. The predicted octanol–water partition coefficient (Wildman–Crippen LogP) is 3.12. The highest BCUT2D eigenvalue weighted by atomic mass is 35.5. The smallest absolute Gasteiger partial charge is 0.0425 e. The third-order valence-corrected chi connectivity index (χ3v) is 4.21. The summed E-state index contributed by atoms with van der Waals surface area (Å²) in [7, 11) is 0. The van der Waals surface area contributed by atoms with Gasteiger partial charge in [-0.15, -0.1) is 34.5 Å². The van der Waals surface area contributed by atoms with E-state index in [9.17, 15) is 0 Å². The molecular weight excluding hydrogens is 237 g/mol. The molecule has 1 nitrogen and oxygen atoms in total. The van der Waals surface area contributed by atoms with Gasteiger partial charge in [-0.2, -0.15) is 0 Å². The van der Waals surface area contributed by atoms with Gasteiger partial charge in [0.05, 0.1) is 0 Å². The first-order valence-corrected chi connectivity index (χ1v) is 6.54. The fourth-order valence-electron chi connectivity index (χ4n) is 1.07. The van der Waals surface area contributed by atoms with Gasteiger partial charge in [0.25, 0.3) is 0 Å². The van der Waals surface area contributed by atoms with Gasteiger partial charge in [0, 0.05) is 28.7 Å². The second-order valence-corrected chi connectivity index (χ2v) is 5.15. The van der Waals surface area contributed by atoms with Gasteiger partial charge in [-0.25, -0.2) is 0 Å². The molecule has 1 aromatic heterocycles. The quantitative estimate of drug-likeness (QED) is 0.767. The molecule has 0 aromatic carbocycles. The molecule has 14 heavy (non-hydrogen) atoms. The van der Waals surface area contributed by atoms with Gasteiger partial charge < -0.3 is 5.32 Å². The summed E-state index contributed by atoms with van der Waals surface area (Å²) in [5, 5.41) is 5.47. The molecule has 0 bridgehead atoms. The molecule has 0 aliphatic rings. The molecular formula is C10H15Cl2NS. The van der Waals surface area contributed by atoms with Crippen molar-refractivity contribution < 1.29 is 0 Å². The summed E-state index contributed by atoms with van der Waals surface area (Å²) < 4.78 is 0. The molecule has 0 unspecified atom stereocenters. The Morgan fingerprint density at radius 1 is 1.43 bits per heavy atom. The third kappa shape index (κ3) is 3.77. The second kappa shape index (κ2) is 5.96. The van der Waals surface area contributed by atoms with Crippen molar-refractivity contribution in [2.24, 2.45) is 0 Å². The third-order valence-electron chi connectivity index (χ3n) is 2.09. The molecule has 0 fully saturated rings. The van der Waals surface area contributed by atoms with Crippen molar-refractivity contribution in [1.82, 2.24) is 5.32 Å². The Bertz CT molecular complexity index is 245. The lowest BCUT2D eigenvalue weighted by molar-refractivity contribution is 0.441. The Labute approximate surface area is 99.4 Å². The van der Waals surface area contributed by atoms with Gasteiger partial charge in [-0.3, -0.25) is 0 Å². The molecule has 0 saturated heterocycles. The van der Waals surface area contributed by atoms with Crippen LogP contribution < -0.4 is 5.32 Å². The summed E-state index contributed by atoms with van der Waals surface area (Å²) in [6, 6.07) is 4.22. The van der Waals surface area contributed by atoms with Crippen LogP contribution in [0, 0.1) is 0 Å². The molecule has 1 N–H and O–H groups in total. The Morgan fingerprint density at radius 2 is 2.14 bits per heavy atom. The maximum absolute atomic E-state index is 5.83. The highest BCUT2D eigenvalue weighted by Crippen LogP contribution is 2.11. The van der Waals surface area contributed by atoms with E-state index in [1.165, 1.54) is 4.88 Å². The van der Waals surface area contributed by atoms with Gasteiger partial charge in [0.2, 0.25) is 0 Å². The molecule has 0 atom stereocenters. The minimum atomic E-state index is -0.139. The van der Waals surface area contributed by atoms with Crippen molar-refractivity contribution >= 4 is 34.5 Å². The van der Waals surface area contributed by atoms with Crippen LogP contribution in [0.3, 0.4) is 0 Å². The van der Waals surface area contributed by atoms with Gasteiger partial charge in [0.15, 0.2) is 0 Å². The molecule has 4 heteroatoms. The van der Waals surface area contributed by atoms with E-state index in [1.807, 2.05) is 6.92 Å². The summed E-state index contributed by atoms with van der Waals surface area (Å²) in [5.41, 5.74) is -0.139. The number of nitrogens with one attached hydrogen (secondary N) is 1. The molecule has 0 spiro atoms. The average molecular weight is 252 g/mol. The van der Waals surface area contributed by atoms with Crippen molar-refractivity contribution in [2.75, 3.05) is 18.3 Å². The summed E-state index contributed by atoms with van der Waals surface area (Å²) in [4.78, 5) is 1.39. The van der Waals surface area contributed by atoms with E-state index < -0.39 is 0 Å². The van der Waals surface area contributed by atoms with Crippen molar-refractivity contribution in [3.05, 3.63) is 22.4 Å². The monoisotopic (exact) mass is 251 g/mol. The molecule has 0 radical (unpaired) electrons. The molecule has 1 aromatic rings. The molecule has 0 amide bonds. The van der Waals surface area contributed by atoms with Crippen molar-refractivity contribution in [3.63, 3.8) is 0 Å². The molecule has 0 aliphatic carbocycles. The number of rotatable bonds is 6. The van der Waals surface area contributed by atoms with Gasteiger partial charge in [-0.1, -0.05) is 6.07 Å². The molecule has 0 saturated carbocycles. The predicted molar refractivity (Wildman–Crippen MR) is 65.9 cm³/mol. The van der Waals surface area contributed by atoms with Gasteiger partial charge in [0.1, 0.15) is 0 Å². The minimum absolute atomic E-state index is 0.139. The zero-order valence-electron chi connectivity index (χ0n) is 8.22. The van der Waals surface area contributed by atoms with Crippen molar-refractivity contribution in [1.29, 1.82) is 0 Å². The Balaban J connectivity index is 2.27. The fourth-order valence-corrected chi connectivity index (χ4v) is 2.26. The zero-order valence-corrected chi connectivity index (χ0v) is 10.6. The summed E-state index contributed by atoms with van der Waals surface area (Å²) in [6.45, 7) is 2.97. The van der Waals surface area contributed by atoms with Crippen LogP contribution >= 0.6 is 34.5 Å². The van der Waals surface area contributed by atoms with Crippen LogP contribution in [0.15, 0.2) is 17.5 Å². The number of halogens is 2. The fraction of sp³-hybridized carbons (Fsp3) is 0.600. The highest BCUT2D eigenvalue weighted by Gasteiger charge is 2.20. The van der Waals surface area contributed by atoms with Gasteiger partial charge >= 0.3 is 0 Å². The summed E-state index contributed by atoms with van der Waals surface area (Å²) in [5.74, 6) is 1.09. The average Bonchev–Trinajstić information content (AvgIpc) is 2.70. The first-order chi connectivity index (χ1) is 6.70. The molecule has 1 rings (SSSR count). The Hall–Kier alpha value is 0.240. The normalized spacial score (nSPS) is 11.9. The van der Waals surface area contributed by atoms with E-state index in [0.29, 0.717) is 11.8 Å². The van der Waals surface area contributed by atoms with E-state index in [0.717, 1.165) is 13.0 Å². The number of hydrogen-bond acceptors (Lipinski definition) is 2. The highest BCUT2D eigenvalue weighted by molar-refractivity contribution is 7.09. The van der Waals surface area contributed by atoms with Crippen LogP contribution in [0.1, 0.15) is 11.8 Å². The summed E-state index contributed by atoms with van der Waals surface area (Å²) >= 11 is 13.4.